The van der Waals surface area contributed by atoms with Gasteiger partial charge in [0, 0.05) is 13.1 Å². The Balaban J connectivity index is 2.45. The summed E-state index contributed by atoms with van der Waals surface area (Å²) in [5.74, 6) is 0.0451. The topological polar surface area (TPSA) is 100 Å². The molecule has 0 aliphatic heterocycles. The first-order chi connectivity index (χ1) is 8.54. The van der Waals surface area contributed by atoms with E-state index in [1.165, 1.54) is 11.3 Å². The van der Waals surface area contributed by atoms with Gasteiger partial charge in [0.25, 0.3) is 5.91 Å². The van der Waals surface area contributed by atoms with E-state index in [2.05, 4.69) is 15.6 Å². The van der Waals surface area contributed by atoms with Crippen molar-refractivity contribution in [3.8, 4) is 0 Å². The van der Waals surface area contributed by atoms with E-state index in [1.54, 1.807) is 6.92 Å². The molecule has 6 nitrogen and oxygen atoms in total. The average Bonchev–Trinajstić information content (AvgIpc) is 2.66. The molecule has 0 saturated carbocycles. The minimum Gasteiger partial charge on any atom is -0.393 e. The van der Waals surface area contributed by atoms with Gasteiger partial charge in [-0.2, -0.15) is 0 Å². The minimum atomic E-state index is -0.337. The molecular weight excluding hydrogens is 252 g/mol. The van der Waals surface area contributed by atoms with E-state index in [4.69, 9.17) is 10.8 Å². The van der Waals surface area contributed by atoms with Crippen LogP contribution in [0.3, 0.4) is 0 Å². The normalized spacial score (nSPS) is 12.2. The molecule has 0 saturated heterocycles. The monoisotopic (exact) mass is 272 g/mol. The van der Waals surface area contributed by atoms with Gasteiger partial charge in [0.1, 0.15) is 10.7 Å². The van der Waals surface area contributed by atoms with Crippen LogP contribution in [-0.4, -0.2) is 35.2 Å². The summed E-state index contributed by atoms with van der Waals surface area (Å²) in [6, 6.07) is 0. The van der Waals surface area contributed by atoms with Crippen LogP contribution >= 0.6 is 11.3 Å². The molecule has 0 aliphatic carbocycles. The Hall–Kier alpha value is -1.34. The summed E-state index contributed by atoms with van der Waals surface area (Å²) in [5, 5.41) is 15.5. The molecule has 0 bridgehead atoms. The Bertz CT molecular complexity index is 392. The largest absolute Gasteiger partial charge is 0.393 e. The highest BCUT2D eigenvalue weighted by molar-refractivity contribution is 7.18. The van der Waals surface area contributed by atoms with Crippen molar-refractivity contribution < 1.29 is 9.90 Å². The number of hydrogen-bond donors (Lipinski definition) is 4. The van der Waals surface area contributed by atoms with E-state index in [9.17, 15) is 4.79 Å². The first-order valence-corrected chi connectivity index (χ1v) is 6.82. The van der Waals surface area contributed by atoms with Crippen molar-refractivity contribution in [2.45, 2.75) is 32.8 Å². The maximum atomic E-state index is 11.8. The van der Waals surface area contributed by atoms with Crippen LogP contribution in [0.5, 0.6) is 0 Å². The summed E-state index contributed by atoms with van der Waals surface area (Å²) in [6.07, 6.45) is 1.07. The quantitative estimate of drug-likeness (QED) is 0.556. The zero-order valence-corrected chi connectivity index (χ0v) is 11.5. The highest BCUT2D eigenvalue weighted by atomic mass is 32.1. The molecule has 18 heavy (non-hydrogen) atoms. The second-order valence-electron chi connectivity index (χ2n) is 4.01. The Kier molecular flexibility index (Phi) is 5.87. The molecule has 0 aromatic carbocycles. The molecule has 0 aliphatic rings. The number of nitrogens with one attached hydrogen (secondary N) is 2. The molecule has 102 valence electrons. The van der Waals surface area contributed by atoms with Crippen LogP contribution in [-0.2, 0) is 0 Å². The molecule has 1 rings (SSSR count). The maximum absolute atomic E-state index is 11.8. The fraction of sp³-hybridized carbons (Fsp3) is 0.636. The SMILES string of the molecule is CCNc1nc(N)c(C(=O)NCCCC(C)O)s1. The number of aliphatic hydroxyl groups is 1. The first-order valence-electron chi connectivity index (χ1n) is 6.01. The van der Waals surface area contributed by atoms with Crippen molar-refractivity contribution in [1.82, 2.24) is 10.3 Å². The third-order valence-corrected chi connectivity index (χ3v) is 3.30. The van der Waals surface area contributed by atoms with Crippen LogP contribution in [0.1, 0.15) is 36.4 Å². The van der Waals surface area contributed by atoms with Gasteiger partial charge in [0.05, 0.1) is 6.10 Å². The second kappa shape index (κ2) is 7.17. The number of nitrogens with two attached hydrogens (primary N) is 1. The lowest BCUT2D eigenvalue weighted by atomic mass is 10.2. The first kappa shape index (κ1) is 14.7. The van der Waals surface area contributed by atoms with Gasteiger partial charge in [0.2, 0.25) is 0 Å². The highest BCUT2D eigenvalue weighted by Crippen LogP contribution is 2.24. The van der Waals surface area contributed by atoms with Crippen LogP contribution < -0.4 is 16.4 Å². The lowest BCUT2D eigenvalue weighted by molar-refractivity contribution is 0.0954. The molecule has 1 unspecified atom stereocenters. The number of thiazole rings is 1. The van der Waals surface area contributed by atoms with Gasteiger partial charge in [-0.05, 0) is 26.7 Å². The number of anilines is 2. The lowest BCUT2D eigenvalue weighted by Gasteiger charge is -2.05. The summed E-state index contributed by atoms with van der Waals surface area (Å²) in [6.45, 7) is 4.94. The summed E-state index contributed by atoms with van der Waals surface area (Å²) < 4.78 is 0. The molecule has 5 N–H and O–H groups in total. The molecular formula is C11H20N4O2S. The lowest BCUT2D eigenvalue weighted by Crippen LogP contribution is -2.25. The molecule has 1 aromatic rings. The number of hydrogen-bond acceptors (Lipinski definition) is 6. The molecule has 0 spiro atoms. The predicted molar refractivity (Wildman–Crippen MR) is 73.9 cm³/mol. The Morgan fingerprint density at radius 1 is 1.61 bits per heavy atom. The van der Waals surface area contributed by atoms with E-state index >= 15 is 0 Å². The molecule has 7 heteroatoms. The van der Waals surface area contributed by atoms with E-state index in [0.29, 0.717) is 23.0 Å². The van der Waals surface area contributed by atoms with Crippen molar-refractivity contribution in [3.63, 3.8) is 0 Å². The number of carbonyl (C=O) groups excluding carboxylic acids is 1. The number of aromatic nitrogens is 1. The molecule has 1 aromatic heterocycles. The number of rotatable bonds is 7. The van der Waals surface area contributed by atoms with Crippen LogP contribution in [0.2, 0.25) is 0 Å². The van der Waals surface area contributed by atoms with Gasteiger partial charge < -0.3 is 21.5 Å². The van der Waals surface area contributed by atoms with Crippen molar-refractivity contribution in [3.05, 3.63) is 4.88 Å². The highest BCUT2D eigenvalue weighted by Gasteiger charge is 2.15. The van der Waals surface area contributed by atoms with Crippen LogP contribution in [0, 0.1) is 0 Å². The van der Waals surface area contributed by atoms with Crippen LogP contribution in [0.4, 0.5) is 10.9 Å². The number of carbonyl (C=O) groups is 1. The van der Waals surface area contributed by atoms with E-state index in [-0.39, 0.29) is 17.8 Å². The van der Waals surface area contributed by atoms with Gasteiger partial charge in [-0.3, -0.25) is 4.79 Å². The molecule has 0 fully saturated rings. The van der Waals surface area contributed by atoms with Crippen molar-refractivity contribution in [2.75, 3.05) is 24.1 Å². The number of amides is 1. The Morgan fingerprint density at radius 3 is 2.94 bits per heavy atom. The van der Waals surface area contributed by atoms with Gasteiger partial charge in [-0.15, -0.1) is 0 Å². The number of nitrogens with zero attached hydrogens (tertiary/aromatic N) is 1. The van der Waals surface area contributed by atoms with Gasteiger partial charge >= 0.3 is 0 Å². The minimum absolute atomic E-state index is 0.209. The summed E-state index contributed by atoms with van der Waals surface area (Å²) in [7, 11) is 0. The van der Waals surface area contributed by atoms with E-state index in [1.807, 2.05) is 6.92 Å². The van der Waals surface area contributed by atoms with Crippen LogP contribution in [0.15, 0.2) is 0 Å². The van der Waals surface area contributed by atoms with Gasteiger partial charge in [-0.1, -0.05) is 11.3 Å². The Morgan fingerprint density at radius 2 is 2.33 bits per heavy atom. The number of nitrogen functional groups attached to an aromatic ring is 1. The van der Waals surface area contributed by atoms with Gasteiger partial charge in [-0.25, -0.2) is 4.98 Å². The third kappa shape index (κ3) is 4.50. The summed E-state index contributed by atoms with van der Waals surface area (Å²) >= 11 is 1.25. The van der Waals surface area contributed by atoms with E-state index < -0.39 is 0 Å². The molecule has 0 radical (unpaired) electrons. The fourth-order valence-corrected chi connectivity index (χ4v) is 2.27. The van der Waals surface area contributed by atoms with Crippen molar-refractivity contribution >= 4 is 28.2 Å². The van der Waals surface area contributed by atoms with Crippen molar-refractivity contribution in [2.24, 2.45) is 0 Å². The van der Waals surface area contributed by atoms with E-state index in [0.717, 1.165) is 13.0 Å². The molecule has 1 amide bonds. The summed E-state index contributed by atoms with van der Waals surface area (Å²) in [5.41, 5.74) is 5.68. The van der Waals surface area contributed by atoms with Gasteiger partial charge in [0.15, 0.2) is 5.13 Å². The number of aliphatic hydroxyl groups excluding tert-OH is 1. The predicted octanol–water partition coefficient (Wildman–Crippen LogP) is 1.05. The Labute approximate surface area is 111 Å². The maximum Gasteiger partial charge on any atom is 0.265 e. The molecule has 1 heterocycles. The zero-order valence-electron chi connectivity index (χ0n) is 10.7. The van der Waals surface area contributed by atoms with Crippen LogP contribution in [0.25, 0.3) is 0 Å². The second-order valence-corrected chi connectivity index (χ2v) is 5.01. The van der Waals surface area contributed by atoms with Crippen molar-refractivity contribution in [1.29, 1.82) is 0 Å². The zero-order chi connectivity index (χ0) is 13.5. The fourth-order valence-electron chi connectivity index (χ4n) is 1.40. The average molecular weight is 272 g/mol. The molecule has 1 atom stereocenters. The standard InChI is InChI=1S/C11H20N4O2S/c1-3-13-11-15-9(12)8(18-11)10(17)14-6-4-5-7(2)16/h7,16H,3-6,12H2,1-2H3,(H,13,15)(H,14,17). The smallest absolute Gasteiger partial charge is 0.265 e. The summed E-state index contributed by atoms with van der Waals surface area (Å²) in [4.78, 5) is 16.3. The third-order valence-electron chi connectivity index (χ3n) is 2.27.